The van der Waals surface area contributed by atoms with Crippen LogP contribution in [0.1, 0.15) is 24.6 Å². The van der Waals surface area contributed by atoms with Gasteiger partial charge in [-0.3, -0.25) is 4.68 Å². The van der Waals surface area contributed by atoms with Crippen molar-refractivity contribution < 1.29 is 13.2 Å². The maximum atomic E-state index is 11.6. The van der Waals surface area contributed by atoms with Gasteiger partial charge in [0.2, 0.25) is 0 Å². The molecule has 0 bridgehead atoms. The Balaban J connectivity index is 2.12. The summed E-state index contributed by atoms with van der Waals surface area (Å²) in [5, 5.41) is 7.65. The van der Waals surface area contributed by atoms with E-state index >= 15 is 0 Å². The van der Waals surface area contributed by atoms with Gasteiger partial charge in [0.05, 0.1) is 47.1 Å². The predicted molar refractivity (Wildman–Crippen MR) is 85.0 cm³/mol. The van der Waals surface area contributed by atoms with Gasteiger partial charge in [-0.25, -0.2) is 8.42 Å². The molecule has 1 aliphatic rings. The maximum Gasteiger partial charge on any atom is 0.150 e. The largest absolute Gasteiger partial charge is 0.383 e. The highest BCUT2D eigenvalue weighted by atomic mass is 79.9. The average molecular weight is 380 g/mol. The molecular formula is C13H22BrN3O3S. The third-order valence-corrected chi connectivity index (χ3v) is 6.36. The van der Waals surface area contributed by atoms with E-state index in [1.54, 1.807) is 13.3 Å². The zero-order valence-corrected chi connectivity index (χ0v) is 14.8. The molecule has 0 saturated carbocycles. The van der Waals surface area contributed by atoms with Gasteiger partial charge >= 0.3 is 0 Å². The molecule has 1 aliphatic heterocycles. The highest BCUT2D eigenvalue weighted by Gasteiger charge is 2.31. The fourth-order valence-corrected chi connectivity index (χ4v) is 5.28. The molecule has 0 spiro atoms. The summed E-state index contributed by atoms with van der Waals surface area (Å²) < 4.78 is 31.2. The Bertz CT molecular complexity index is 573. The number of methoxy groups -OCH3 is 1. The second-order valence-electron chi connectivity index (χ2n) is 5.44. The first-order chi connectivity index (χ1) is 9.96. The summed E-state index contributed by atoms with van der Waals surface area (Å²) in [6.45, 7) is 1.27. The van der Waals surface area contributed by atoms with Crippen LogP contribution in [0.2, 0.25) is 0 Å². The monoisotopic (exact) mass is 379 g/mol. The van der Waals surface area contributed by atoms with Crippen molar-refractivity contribution in [2.75, 3.05) is 32.3 Å². The number of halogens is 1. The Hall–Kier alpha value is -0.440. The first kappa shape index (κ1) is 16.9. The molecule has 6 nitrogen and oxygen atoms in total. The zero-order valence-electron chi connectivity index (χ0n) is 12.4. The van der Waals surface area contributed by atoms with Crippen LogP contribution in [0.5, 0.6) is 0 Å². The van der Waals surface area contributed by atoms with E-state index < -0.39 is 9.84 Å². The van der Waals surface area contributed by atoms with Crippen LogP contribution in [0.15, 0.2) is 10.7 Å². The summed E-state index contributed by atoms with van der Waals surface area (Å²) in [6, 6.07) is 0.0806. The molecule has 0 amide bonds. The fourth-order valence-electron chi connectivity index (χ4n) is 2.83. The van der Waals surface area contributed by atoms with Crippen LogP contribution < -0.4 is 5.32 Å². The molecule has 2 rings (SSSR count). The maximum absolute atomic E-state index is 11.6. The minimum Gasteiger partial charge on any atom is -0.383 e. The molecular weight excluding hydrogens is 358 g/mol. The van der Waals surface area contributed by atoms with Crippen molar-refractivity contribution in [1.82, 2.24) is 15.1 Å². The summed E-state index contributed by atoms with van der Waals surface area (Å²) in [4.78, 5) is 0. The molecule has 8 heteroatoms. The van der Waals surface area contributed by atoms with Gasteiger partial charge in [0.1, 0.15) is 0 Å². The van der Waals surface area contributed by atoms with E-state index in [0.717, 1.165) is 23.0 Å². The van der Waals surface area contributed by atoms with E-state index in [9.17, 15) is 8.42 Å². The van der Waals surface area contributed by atoms with Crippen LogP contribution in [-0.4, -0.2) is 50.5 Å². The van der Waals surface area contributed by atoms with Crippen molar-refractivity contribution in [3.8, 4) is 0 Å². The molecule has 2 unspecified atom stereocenters. The van der Waals surface area contributed by atoms with Gasteiger partial charge in [0.15, 0.2) is 9.84 Å². The van der Waals surface area contributed by atoms with Gasteiger partial charge in [0.25, 0.3) is 0 Å². The van der Waals surface area contributed by atoms with Crippen molar-refractivity contribution >= 4 is 25.8 Å². The SMILES string of the molecule is CNC(CC1CCS(=O)(=O)C1)c1c(Br)cnn1CCOC. The smallest absolute Gasteiger partial charge is 0.150 e. The molecule has 21 heavy (non-hydrogen) atoms. The van der Waals surface area contributed by atoms with E-state index in [0.29, 0.717) is 24.7 Å². The van der Waals surface area contributed by atoms with E-state index in [-0.39, 0.29) is 12.0 Å². The van der Waals surface area contributed by atoms with Gasteiger partial charge in [-0.05, 0) is 41.7 Å². The van der Waals surface area contributed by atoms with Crippen LogP contribution in [0.4, 0.5) is 0 Å². The molecule has 1 N–H and O–H groups in total. The summed E-state index contributed by atoms with van der Waals surface area (Å²) in [5.41, 5.74) is 1.05. The minimum atomic E-state index is -2.83. The standard InChI is InChI=1S/C13H22BrN3O3S/c1-15-12(7-10-3-6-21(18,19)9-10)13-11(14)8-16-17(13)4-5-20-2/h8,10,12,15H,3-7,9H2,1-2H3. The Morgan fingerprint density at radius 3 is 2.95 bits per heavy atom. The molecule has 1 aromatic rings. The van der Waals surface area contributed by atoms with Crippen LogP contribution >= 0.6 is 15.9 Å². The molecule has 0 aliphatic carbocycles. The molecule has 0 radical (unpaired) electrons. The first-order valence-corrected chi connectivity index (χ1v) is 9.66. The van der Waals surface area contributed by atoms with E-state index in [2.05, 4.69) is 26.3 Å². The van der Waals surface area contributed by atoms with Crippen molar-refractivity contribution in [2.45, 2.75) is 25.4 Å². The molecule has 1 fully saturated rings. The van der Waals surface area contributed by atoms with Gasteiger partial charge in [-0.1, -0.05) is 0 Å². The molecule has 120 valence electrons. The second-order valence-corrected chi connectivity index (χ2v) is 8.52. The lowest BCUT2D eigenvalue weighted by atomic mass is 9.97. The van der Waals surface area contributed by atoms with Crippen LogP contribution in [0.3, 0.4) is 0 Å². The fraction of sp³-hybridized carbons (Fsp3) is 0.769. The van der Waals surface area contributed by atoms with Crippen molar-refractivity contribution in [1.29, 1.82) is 0 Å². The number of aromatic nitrogens is 2. The zero-order chi connectivity index (χ0) is 15.5. The number of rotatable bonds is 7. The Labute approximate surface area is 134 Å². The quantitative estimate of drug-likeness (QED) is 0.774. The lowest BCUT2D eigenvalue weighted by Crippen LogP contribution is -2.24. The second kappa shape index (κ2) is 7.21. The molecule has 1 aromatic heterocycles. The highest BCUT2D eigenvalue weighted by molar-refractivity contribution is 9.10. The van der Waals surface area contributed by atoms with Crippen molar-refractivity contribution in [3.05, 3.63) is 16.4 Å². The third kappa shape index (κ3) is 4.28. The van der Waals surface area contributed by atoms with Crippen LogP contribution in [-0.2, 0) is 21.1 Å². The molecule has 0 aromatic carbocycles. The topological polar surface area (TPSA) is 73.2 Å². The molecule has 2 atom stereocenters. The Morgan fingerprint density at radius 1 is 1.62 bits per heavy atom. The predicted octanol–water partition coefficient (Wildman–Crippen LogP) is 1.38. The molecule has 2 heterocycles. The number of nitrogens with one attached hydrogen (secondary N) is 1. The summed E-state index contributed by atoms with van der Waals surface area (Å²) >= 11 is 3.54. The number of hydrogen-bond donors (Lipinski definition) is 1. The highest BCUT2D eigenvalue weighted by Crippen LogP contribution is 2.32. The van der Waals surface area contributed by atoms with Crippen LogP contribution in [0.25, 0.3) is 0 Å². The van der Waals surface area contributed by atoms with Crippen molar-refractivity contribution in [2.24, 2.45) is 5.92 Å². The van der Waals surface area contributed by atoms with Gasteiger partial charge < -0.3 is 10.1 Å². The van der Waals surface area contributed by atoms with Gasteiger partial charge in [0, 0.05) is 7.11 Å². The van der Waals surface area contributed by atoms with Gasteiger partial charge in [-0.2, -0.15) is 5.10 Å². The summed E-state index contributed by atoms with van der Waals surface area (Å²) in [6.07, 6.45) is 3.33. The third-order valence-electron chi connectivity index (χ3n) is 3.91. The summed E-state index contributed by atoms with van der Waals surface area (Å²) in [5.74, 6) is 0.831. The van der Waals surface area contributed by atoms with Crippen molar-refractivity contribution in [3.63, 3.8) is 0 Å². The minimum absolute atomic E-state index is 0.0806. The average Bonchev–Trinajstić information content (AvgIpc) is 2.96. The van der Waals surface area contributed by atoms with E-state index in [4.69, 9.17) is 4.74 Å². The van der Waals surface area contributed by atoms with Crippen LogP contribution in [0, 0.1) is 5.92 Å². The molecule has 1 saturated heterocycles. The lowest BCUT2D eigenvalue weighted by Gasteiger charge is -2.21. The summed E-state index contributed by atoms with van der Waals surface area (Å²) in [7, 11) is 0.726. The van der Waals surface area contributed by atoms with E-state index in [1.165, 1.54) is 0 Å². The van der Waals surface area contributed by atoms with E-state index in [1.807, 2.05) is 11.7 Å². The number of nitrogens with zero attached hydrogens (tertiary/aromatic N) is 2. The number of sulfone groups is 1. The number of hydrogen-bond acceptors (Lipinski definition) is 5. The Morgan fingerprint density at radius 2 is 2.38 bits per heavy atom. The van der Waals surface area contributed by atoms with Gasteiger partial charge in [-0.15, -0.1) is 0 Å². The Kier molecular flexibility index (Phi) is 5.81. The normalized spacial score (nSPS) is 22.5. The number of ether oxygens (including phenoxy) is 1. The first-order valence-electron chi connectivity index (χ1n) is 7.04. The lowest BCUT2D eigenvalue weighted by molar-refractivity contribution is 0.181.